The zero-order valence-corrected chi connectivity index (χ0v) is 14.4. The average Bonchev–Trinajstić information content (AvgIpc) is 3.13. The van der Waals surface area contributed by atoms with Crippen LogP contribution in [0.4, 0.5) is 5.13 Å². The van der Waals surface area contributed by atoms with Gasteiger partial charge in [-0.1, -0.05) is 5.16 Å². The lowest BCUT2D eigenvalue weighted by Gasteiger charge is -2.31. The summed E-state index contributed by atoms with van der Waals surface area (Å²) in [6.07, 6.45) is 0.435. The number of nitrogens with one attached hydrogen (secondary N) is 1. The van der Waals surface area contributed by atoms with Crippen LogP contribution >= 0.6 is 11.3 Å². The molecule has 0 spiro atoms. The Balaban J connectivity index is 1.62. The van der Waals surface area contributed by atoms with Crippen LogP contribution in [0.2, 0.25) is 0 Å². The molecule has 1 aliphatic rings. The van der Waals surface area contributed by atoms with Crippen molar-refractivity contribution in [1.82, 2.24) is 15.5 Å². The summed E-state index contributed by atoms with van der Waals surface area (Å²) < 4.78 is 16.6. The molecule has 2 aromatic rings. The van der Waals surface area contributed by atoms with Gasteiger partial charge in [0.15, 0.2) is 5.13 Å². The summed E-state index contributed by atoms with van der Waals surface area (Å²) in [5.41, 5.74) is 7.64. The van der Waals surface area contributed by atoms with E-state index in [1.807, 2.05) is 13.8 Å². The van der Waals surface area contributed by atoms with E-state index in [0.717, 1.165) is 17.0 Å². The predicted molar refractivity (Wildman–Crippen MR) is 87.8 cm³/mol. The maximum absolute atomic E-state index is 12.3. The number of nitrogens with zero attached hydrogens (tertiary/aromatic N) is 2. The molecule has 3 N–H and O–H groups in total. The van der Waals surface area contributed by atoms with Gasteiger partial charge in [-0.05, 0) is 20.3 Å². The second-order valence-corrected chi connectivity index (χ2v) is 6.56. The predicted octanol–water partition coefficient (Wildman–Crippen LogP) is 1.43. The van der Waals surface area contributed by atoms with E-state index in [9.17, 15) is 4.79 Å². The first-order chi connectivity index (χ1) is 11.5. The third kappa shape index (κ3) is 3.74. The largest absolute Gasteiger partial charge is 0.379 e. The number of hydrogen-bond donors (Lipinski definition) is 2. The van der Waals surface area contributed by atoms with Crippen LogP contribution < -0.4 is 11.1 Å². The van der Waals surface area contributed by atoms with Gasteiger partial charge >= 0.3 is 0 Å². The molecule has 130 valence electrons. The van der Waals surface area contributed by atoms with E-state index in [0.29, 0.717) is 37.1 Å². The Labute approximate surface area is 143 Å². The monoisotopic (exact) mass is 352 g/mol. The molecule has 3 heterocycles. The van der Waals surface area contributed by atoms with Gasteiger partial charge in [-0.25, -0.2) is 4.98 Å². The first kappa shape index (κ1) is 16.9. The number of carbonyl (C=O) groups excluding carboxylic acids is 1. The number of aryl methyl sites for hydroxylation is 2. The third-order valence-corrected chi connectivity index (χ3v) is 4.67. The van der Waals surface area contributed by atoms with E-state index in [4.69, 9.17) is 19.7 Å². The Morgan fingerprint density at radius 1 is 1.54 bits per heavy atom. The molecule has 0 radical (unpaired) electrons. The number of thiazole rings is 1. The van der Waals surface area contributed by atoms with E-state index in [1.165, 1.54) is 11.3 Å². The van der Waals surface area contributed by atoms with Gasteiger partial charge in [-0.3, -0.25) is 4.79 Å². The van der Waals surface area contributed by atoms with E-state index in [-0.39, 0.29) is 18.1 Å². The fourth-order valence-electron chi connectivity index (χ4n) is 2.57. The molecular weight excluding hydrogens is 332 g/mol. The number of rotatable bonds is 5. The molecule has 1 fully saturated rings. The van der Waals surface area contributed by atoms with Crippen molar-refractivity contribution in [2.45, 2.75) is 39.0 Å². The van der Waals surface area contributed by atoms with Crippen LogP contribution in [0.15, 0.2) is 9.90 Å². The standard InChI is InChI=1S/C15H20N4O4S/c1-8-10(9(2)23-19-8)5-22-13-6-21-4-3-11(13)17-14(20)12-7-24-15(16)18-12/h7,11,13H,3-6H2,1-2H3,(H2,16,18)(H,17,20)/t11-,13-/m1/s1. The van der Waals surface area contributed by atoms with Gasteiger partial charge < -0.3 is 25.0 Å². The molecule has 9 heteroatoms. The number of anilines is 1. The lowest BCUT2D eigenvalue weighted by Crippen LogP contribution is -2.50. The number of ether oxygens (including phenoxy) is 2. The molecular formula is C15H20N4O4S. The summed E-state index contributed by atoms with van der Waals surface area (Å²) in [4.78, 5) is 16.3. The van der Waals surface area contributed by atoms with E-state index in [2.05, 4.69) is 15.5 Å². The molecule has 2 atom stereocenters. The van der Waals surface area contributed by atoms with Crippen molar-refractivity contribution >= 4 is 22.4 Å². The van der Waals surface area contributed by atoms with Gasteiger partial charge in [0.2, 0.25) is 0 Å². The van der Waals surface area contributed by atoms with Crippen LogP contribution in [0, 0.1) is 13.8 Å². The summed E-state index contributed by atoms with van der Waals surface area (Å²) in [6, 6.07) is -0.144. The van der Waals surface area contributed by atoms with Crippen LogP contribution in [-0.2, 0) is 16.1 Å². The zero-order chi connectivity index (χ0) is 17.1. The van der Waals surface area contributed by atoms with Crippen molar-refractivity contribution in [3.8, 4) is 0 Å². The molecule has 1 amide bonds. The van der Waals surface area contributed by atoms with Gasteiger partial charge in [0.05, 0.1) is 24.9 Å². The van der Waals surface area contributed by atoms with Crippen molar-refractivity contribution in [3.63, 3.8) is 0 Å². The maximum Gasteiger partial charge on any atom is 0.271 e. The summed E-state index contributed by atoms with van der Waals surface area (Å²) in [5, 5.41) is 8.89. The van der Waals surface area contributed by atoms with Crippen molar-refractivity contribution in [2.75, 3.05) is 18.9 Å². The molecule has 0 aliphatic carbocycles. The Bertz CT molecular complexity index is 695. The van der Waals surface area contributed by atoms with E-state index < -0.39 is 0 Å². The Hall–Kier alpha value is -1.97. The molecule has 1 saturated heterocycles. The molecule has 0 unspecified atom stereocenters. The van der Waals surface area contributed by atoms with E-state index in [1.54, 1.807) is 5.38 Å². The summed E-state index contributed by atoms with van der Waals surface area (Å²) >= 11 is 1.24. The number of nitrogens with two attached hydrogens (primary N) is 1. The smallest absolute Gasteiger partial charge is 0.271 e. The van der Waals surface area contributed by atoms with Gasteiger partial charge in [0.25, 0.3) is 5.91 Å². The number of aromatic nitrogens is 2. The van der Waals surface area contributed by atoms with Crippen molar-refractivity contribution in [1.29, 1.82) is 0 Å². The van der Waals surface area contributed by atoms with Crippen molar-refractivity contribution < 1.29 is 18.8 Å². The highest BCUT2D eigenvalue weighted by atomic mass is 32.1. The molecule has 24 heavy (non-hydrogen) atoms. The van der Waals surface area contributed by atoms with Gasteiger partial charge in [0, 0.05) is 17.6 Å². The lowest BCUT2D eigenvalue weighted by molar-refractivity contribution is -0.0739. The normalized spacial score (nSPS) is 20.9. The van der Waals surface area contributed by atoms with Crippen LogP contribution in [0.3, 0.4) is 0 Å². The van der Waals surface area contributed by atoms with Crippen molar-refractivity contribution in [2.24, 2.45) is 0 Å². The highest BCUT2D eigenvalue weighted by Gasteiger charge is 2.29. The summed E-state index contributed by atoms with van der Waals surface area (Å²) in [7, 11) is 0. The topological polar surface area (TPSA) is 112 Å². The number of amides is 1. The minimum Gasteiger partial charge on any atom is -0.379 e. The quantitative estimate of drug-likeness (QED) is 0.837. The minimum absolute atomic E-state index is 0.144. The lowest BCUT2D eigenvalue weighted by atomic mass is 10.1. The molecule has 3 rings (SSSR count). The summed E-state index contributed by atoms with van der Waals surface area (Å²) in [6.45, 7) is 5.09. The number of hydrogen-bond acceptors (Lipinski definition) is 8. The third-order valence-electron chi connectivity index (χ3n) is 4.00. The van der Waals surface area contributed by atoms with Crippen LogP contribution in [0.5, 0.6) is 0 Å². The van der Waals surface area contributed by atoms with E-state index >= 15 is 0 Å². The van der Waals surface area contributed by atoms with Gasteiger partial charge in [-0.2, -0.15) is 0 Å². The highest BCUT2D eigenvalue weighted by molar-refractivity contribution is 7.13. The SMILES string of the molecule is Cc1noc(C)c1CO[C@@H]1COCC[C@H]1NC(=O)c1csc(N)n1. The maximum atomic E-state index is 12.3. The number of carbonyl (C=O) groups is 1. The molecule has 2 aromatic heterocycles. The first-order valence-corrected chi connectivity index (χ1v) is 8.55. The Morgan fingerprint density at radius 3 is 3.04 bits per heavy atom. The fraction of sp³-hybridized carbons (Fsp3) is 0.533. The molecule has 0 bridgehead atoms. The first-order valence-electron chi connectivity index (χ1n) is 7.67. The highest BCUT2D eigenvalue weighted by Crippen LogP contribution is 2.19. The van der Waals surface area contributed by atoms with Gasteiger partial charge in [-0.15, -0.1) is 11.3 Å². The molecule has 0 saturated carbocycles. The minimum atomic E-state index is -0.249. The second kappa shape index (κ2) is 7.29. The Morgan fingerprint density at radius 2 is 2.38 bits per heavy atom. The molecule has 0 aromatic carbocycles. The average molecular weight is 352 g/mol. The Kier molecular flexibility index (Phi) is 5.12. The summed E-state index contributed by atoms with van der Waals surface area (Å²) in [5.74, 6) is 0.489. The zero-order valence-electron chi connectivity index (χ0n) is 13.6. The van der Waals surface area contributed by atoms with Crippen LogP contribution in [0.1, 0.15) is 33.9 Å². The van der Waals surface area contributed by atoms with Gasteiger partial charge in [0.1, 0.15) is 17.6 Å². The fourth-order valence-corrected chi connectivity index (χ4v) is 3.12. The number of nitrogen functional groups attached to an aromatic ring is 1. The van der Waals surface area contributed by atoms with Crippen molar-refractivity contribution in [3.05, 3.63) is 28.1 Å². The second-order valence-electron chi connectivity index (χ2n) is 5.67. The van der Waals surface area contributed by atoms with Crippen LogP contribution in [0.25, 0.3) is 0 Å². The van der Waals surface area contributed by atoms with Crippen LogP contribution in [-0.4, -0.2) is 41.4 Å². The molecule has 1 aliphatic heterocycles. The molecule has 8 nitrogen and oxygen atoms in total.